The molecule has 0 bridgehead atoms. The monoisotopic (exact) mass is 445 g/mol. The Morgan fingerprint density at radius 3 is 2.61 bits per heavy atom. The van der Waals surface area contributed by atoms with Gasteiger partial charge in [0.15, 0.2) is 0 Å². The Bertz CT molecular complexity index is 1130. The second-order valence-electron chi connectivity index (χ2n) is 7.83. The first kappa shape index (κ1) is 20.0. The van der Waals surface area contributed by atoms with E-state index in [4.69, 9.17) is 11.6 Å². The molecule has 1 saturated carbocycles. The Balaban J connectivity index is 1.63. The molecule has 31 heavy (non-hydrogen) atoms. The number of carbonyl (C=O) groups is 1. The molecule has 2 atom stereocenters. The van der Waals surface area contributed by atoms with E-state index >= 15 is 0 Å². The Kier molecular flexibility index (Phi) is 4.53. The number of fused-ring (bicyclic) bond motifs is 2. The lowest BCUT2D eigenvalue weighted by atomic mass is 9.77. The van der Waals surface area contributed by atoms with Gasteiger partial charge in [-0.3, -0.25) is 14.8 Å². The normalized spacial score (nSPS) is 22.9. The van der Waals surface area contributed by atoms with Crippen molar-refractivity contribution in [2.24, 2.45) is 0 Å². The van der Waals surface area contributed by atoms with Crippen molar-refractivity contribution >= 4 is 28.9 Å². The van der Waals surface area contributed by atoms with Gasteiger partial charge in [-0.05, 0) is 55.7 Å². The summed E-state index contributed by atoms with van der Waals surface area (Å²) in [5, 5.41) is 17.3. The number of nitrogens with zero attached hydrogens (tertiary/aromatic N) is 2. The molecule has 1 aromatic heterocycles. The maximum atomic E-state index is 13.8. The number of halogens is 3. The minimum absolute atomic E-state index is 0.118. The predicted octanol–water partition coefficient (Wildman–Crippen LogP) is 4.71. The first-order chi connectivity index (χ1) is 14.8. The van der Waals surface area contributed by atoms with Gasteiger partial charge in [-0.1, -0.05) is 12.1 Å². The smallest absolute Gasteiger partial charge is 0.420 e. The molecule has 1 amide bonds. The standard InChI is InChI=1S/C22H18ClF2N3O3/c23-22(24,25)31-15-6-4-13(5-7-15)28-18-3-1-2-16(17-9-11-26-27-17)19(18)21(20(28)30)10-8-14(29)12-21/h1-7,9,11,14,29H,8,10,12H2,(H,26,27). The Morgan fingerprint density at radius 1 is 1.23 bits per heavy atom. The molecule has 2 aromatic carbocycles. The highest BCUT2D eigenvalue weighted by atomic mass is 35.5. The number of H-pyrrole nitrogens is 1. The number of aliphatic hydroxyl groups excluding tert-OH is 1. The van der Waals surface area contributed by atoms with E-state index in [0.717, 1.165) is 16.8 Å². The summed E-state index contributed by atoms with van der Waals surface area (Å²) < 4.78 is 30.2. The van der Waals surface area contributed by atoms with Crippen LogP contribution in [0.5, 0.6) is 5.75 Å². The summed E-state index contributed by atoms with van der Waals surface area (Å²) in [4.78, 5) is 15.4. The third-order valence-electron chi connectivity index (χ3n) is 5.98. The van der Waals surface area contributed by atoms with Crippen molar-refractivity contribution in [1.29, 1.82) is 0 Å². The molecule has 2 aliphatic rings. The zero-order valence-corrected chi connectivity index (χ0v) is 16.9. The van der Waals surface area contributed by atoms with Gasteiger partial charge in [0, 0.05) is 34.6 Å². The molecule has 2 heterocycles. The van der Waals surface area contributed by atoms with E-state index in [2.05, 4.69) is 14.9 Å². The molecular weight excluding hydrogens is 428 g/mol. The van der Waals surface area contributed by atoms with Crippen molar-refractivity contribution in [3.63, 3.8) is 0 Å². The Hall–Kier alpha value is -2.97. The molecule has 9 heteroatoms. The quantitative estimate of drug-likeness (QED) is 0.570. The fraction of sp³-hybridized carbons (Fsp3) is 0.273. The molecular formula is C22H18ClF2N3O3. The third-order valence-corrected chi connectivity index (χ3v) is 6.06. The second kappa shape index (κ2) is 7.03. The van der Waals surface area contributed by atoms with Crippen LogP contribution < -0.4 is 9.64 Å². The second-order valence-corrected chi connectivity index (χ2v) is 8.27. The van der Waals surface area contributed by atoms with E-state index in [1.165, 1.54) is 24.3 Å². The first-order valence-corrected chi connectivity index (χ1v) is 10.2. The maximum Gasteiger partial charge on any atom is 0.487 e. The van der Waals surface area contributed by atoms with Crippen molar-refractivity contribution in [3.05, 3.63) is 60.3 Å². The number of nitrogens with one attached hydrogen (secondary N) is 1. The van der Waals surface area contributed by atoms with Gasteiger partial charge in [-0.15, -0.1) is 8.78 Å². The van der Waals surface area contributed by atoms with E-state index in [-0.39, 0.29) is 11.7 Å². The van der Waals surface area contributed by atoms with Crippen LogP contribution in [0.25, 0.3) is 11.3 Å². The molecule has 3 aromatic rings. The van der Waals surface area contributed by atoms with E-state index in [0.29, 0.717) is 30.6 Å². The number of rotatable bonds is 4. The number of aliphatic hydroxyl groups is 1. The van der Waals surface area contributed by atoms with Gasteiger partial charge >= 0.3 is 5.57 Å². The molecule has 1 aliphatic heterocycles. The third kappa shape index (κ3) is 3.26. The average molecular weight is 446 g/mol. The lowest BCUT2D eigenvalue weighted by molar-refractivity contribution is -0.122. The maximum absolute atomic E-state index is 13.8. The van der Waals surface area contributed by atoms with Crippen LogP contribution in [0.4, 0.5) is 20.2 Å². The molecule has 5 rings (SSSR count). The number of carbonyl (C=O) groups excluding carboxylic acids is 1. The van der Waals surface area contributed by atoms with E-state index in [1.54, 1.807) is 11.1 Å². The van der Waals surface area contributed by atoms with Crippen molar-refractivity contribution in [2.45, 2.75) is 36.3 Å². The van der Waals surface area contributed by atoms with Gasteiger partial charge in [-0.25, -0.2) is 0 Å². The number of aromatic amines is 1. The molecule has 1 aliphatic carbocycles. The highest BCUT2D eigenvalue weighted by Gasteiger charge is 2.56. The van der Waals surface area contributed by atoms with Gasteiger partial charge in [0.1, 0.15) is 5.75 Å². The fourth-order valence-corrected chi connectivity index (χ4v) is 4.87. The number of ether oxygens (including phenoxy) is 1. The molecule has 0 saturated heterocycles. The molecule has 160 valence electrons. The van der Waals surface area contributed by atoms with Gasteiger partial charge in [0.2, 0.25) is 5.91 Å². The molecule has 2 N–H and O–H groups in total. The van der Waals surface area contributed by atoms with Crippen LogP contribution in [0.2, 0.25) is 0 Å². The minimum atomic E-state index is -3.82. The number of benzene rings is 2. The lowest BCUT2D eigenvalue weighted by Crippen LogP contribution is -2.37. The number of hydrogen-bond donors (Lipinski definition) is 2. The fourth-order valence-electron chi connectivity index (χ4n) is 4.78. The molecule has 6 nitrogen and oxygen atoms in total. The van der Waals surface area contributed by atoms with Crippen LogP contribution in [0.3, 0.4) is 0 Å². The zero-order valence-electron chi connectivity index (χ0n) is 16.2. The predicted molar refractivity (Wildman–Crippen MR) is 111 cm³/mol. The molecule has 1 fully saturated rings. The van der Waals surface area contributed by atoms with Gasteiger partial charge in [0.05, 0.1) is 22.9 Å². The topological polar surface area (TPSA) is 78.5 Å². The lowest BCUT2D eigenvalue weighted by Gasteiger charge is -2.24. The van der Waals surface area contributed by atoms with Crippen molar-refractivity contribution in [1.82, 2.24) is 10.2 Å². The number of amides is 1. The van der Waals surface area contributed by atoms with Gasteiger partial charge < -0.3 is 9.84 Å². The Labute approximate surface area is 181 Å². The number of hydrogen-bond acceptors (Lipinski definition) is 4. The summed E-state index contributed by atoms with van der Waals surface area (Å²) in [7, 11) is 0. The molecule has 2 unspecified atom stereocenters. The van der Waals surface area contributed by atoms with Crippen LogP contribution >= 0.6 is 11.6 Å². The molecule has 0 radical (unpaired) electrons. The van der Waals surface area contributed by atoms with Crippen LogP contribution in [-0.4, -0.2) is 32.9 Å². The van der Waals surface area contributed by atoms with Crippen molar-refractivity contribution < 1.29 is 23.4 Å². The highest BCUT2D eigenvalue weighted by molar-refractivity contribution is 6.20. The average Bonchev–Trinajstić information content (AvgIpc) is 3.43. The minimum Gasteiger partial charge on any atom is -0.420 e. The summed E-state index contributed by atoms with van der Waals surface area (Å²) in [6.45, 7) is 0. The Morgan fingerprint density at radius 2 is 2.00 bits per heavy atom. The van der Waals surface area contributed by atoms with E-state index < -0.39 is 17.1 Å². The van der Waals surface area contributed by atoms with Gasteiger partial charge in [0.25, 0.3) is 0 Å². The summed E-state index contributed by atoms with van der Waals surface area (Å²) in [5.74, 6) is -0.268. The summed E-state index contributed by atoms with van der Waals surface area (Å²) >= 11 is 4.83. The zero-order chi connectivity index (χ0) is 21.8. The highest BCUT2D eigenvalue weighted by Crippen LogP contribution is 2.56. The van der Waals surface area contributed by atoms with E-state index in [1.807, 2.05) is 24.3 Å². The first-order valence-electron chi connectivity index (χ1n) is 9.80. The van der Waals surface area contributed by atoms with Crippen LogP contribution in [-0.2, 0) is 10.2 Å². The number of alkyl halides is 3. The SMILES string of the molecule is O=C1N(c2ccc(OC(F)(F)Cl)cc2)c2cccc(-c3ccn[nH]3)c2C12CCC(O)C2. The van der Waals surface area contributed by atoms with Crippen molar-refractivity contribution in [2.75, 3.05) is 4.90 Å². The summed E-state index contributed by atoms with van der Waals surface area (Å²) in [5.41, 5.74) is -1.01. The summed E-state index contributed by atoms with van der Waals surface area (Å²) in [6, 6.07) is 13.2. The number of aromatic nitrogens is 2. The van der Waals surface area contributed by atoms with Crippen LogP contribution in [0, 0.1) is 0 Å². The van der Waals surface area contributed by atoms with Crippen LogP contribution in [0.1, 0.15) is 24.8 Å². The molecule has 1 spiro atoms. The van der Waals surface area contributed by atoms with Crippen LogP contribution in [0.15, 0.2) is 54.7 Å². The van der Waals surface area contributed by atoms with Crippen molar-refractivity contribution in [3.8, 4) is 17.0 Å². The largest absolute Gasteiger partial charge is 0.487 e. The number of anilines is 2. The van der Waals surface area contributed by atoms with E-state index in [9.17, 15) is 18.7 Å². The summed E-state index contributed by atoms with van der Waals surface area (Å²) in [6.07, 6.45) is 2.42. The van der Waals surface area contributed by atoms with Gasteiger partial charge in [-0.2, -0.15) is 5.10 Å².